The van der Waals surface area contributed by atoms with Crippen LogP contribution < -0.4 is 0 Å². The molecule has 5 aromatic rings. The van der Waals surface area contributed by atoms with Gasteiger partial charge < -0.3 is 0 Å². The molecule has 0 saturated heterocycles. The van der Waals surface area contributed by atoms with Crippen molar-refractivity contribution in [3.8, 4) is 33.5 Å². The summed E-state index contributed by atoms with van der Waals surface area (Å²) in [5.41, 5.74) is 14.7. The number of fused-ring (bicyclic) bond motifs is 4. The quantitative estimate of drug-likeness (QED) is 0.254. The van der Waals surface area contributed by atoms with Crippen molar-refractivity contribution in [2.45, 2.75) is 51.9 Å². The fraction of sp³-hybridized carbons (Fsp3) is 0.229. The van der Waals surface area contributed by atoms with E-state index in [0.717, 1.165) is 12.1 Å². The lowest BCUT2D eigenvalue weighted by Crippen LogP contribution is -1.98. The van der Waals surface area contributed by atoms with Crippen molar-refractivity contribution in [1.82, 2.24) is 4.98 Å². The second kappa shape index (κ2) is 8.45. The summed E-state index contributed by atoms with van der Waals surface area (Å²) in [5, 5.41) is 2.59. The molecular formula is C35H31N. The van der Waals surface area contributed by atoms with Gasteiger partial charge in [0.1, 0.15) is 0 Å². The predicted octanol–water partition coefficient (Wildman–Crippen LogP) is 9.41. The maximum absolute atomic E-state index is 5.08. The van der Waals surface area contributed by atoms with E-state index >= 15 is 0 Å². The van der Waals surface area contributed by atoms with Crippen LogP contribution in [0.3, 0.4) is 0 Å². The summed E-state index contributed by atoms with van der Waals surface area (Å²) in [7, 11) is 0. The van der Waals surface area contributed by atoms with Gasteiger partial charge in [-0.3, -0.25) is 4.98 Å². The van der Waals surface area contributed by atoms with E-state index in [0.29, 0.717) is 5.92 Å². The normalized spacial score (nSPS) is 14.8. The van der Waals surface area contributed by atoms with Crippen LogP contribution in [0, 0.1) is 13.8 Å². The molecule has 0 atom stereocenters. The van der Waals surface area contributed by atoms with E-state index in [1.807, 2.05) is 6.20 Å². The summed E-state index contributed by atoms with van der Waals surface area (Å²) in [6.45, 7) is 4.38. The minimum atomic E-state index is 0.652. The van der Waals surface area contributed by atoms with Gasteiger partial charge in [-0.15, -0.1) is 0 Å². The van der Waals surface area contributed by atoms with Crippen LogP contribution in [-0.4, -0.2) is 4.98 Å². The van der Waals surface area contributed by atoms with Crippen LogP contribution >= 0.6 is 0 Å². The number of hydrogen-bond acceptors (Lipinski definition) is 1. The Kier molecular flexibility index (Phi) is 5.06. The molecule has 0 N–H and O–H groups in total. The lowest BCUT2D eigenvalue weighted by atomic mass is 9.87. The molecule has 0 unspecified atom stereocenters. The smallest absolute Gasteiger partial charge is 0.0783 e. The number of aromatic nitrogens is 1. The summed E-state index contributed by atoms with van der Waals surface area (Å²) >= 11 is 0. The first-order valence-electron chi connectivity index (χ1n) is 13.4. The van der Waals surface area contributed by atoms with Gasteiger partial charge in [0.05, 0.1) is 5.69 Å². The van der Waals surface area contributed by atoms with Gasteiger partial charge in [-0.05, 0) is 107 Å². The molecule has 0 radical (unpaired) electrons. The maximum Gasteiger partial charge on any atom is 0.0783 e. The lowest BCUT2D eigenvalue weighted by Gasteiger charge is -2.18. The molecule has 0 bridgehead atoms. The summed E-state index contributed by atoms with van der Waals surface area (Å²) in [6, 6.07) is 29.8. The highest BCUT2D eigenvalue weighted by Gasteiger charge is 2.25. The molecule has 36 heavy (non-hydrogen) atoms. The summed E-state index contributed by atoms with van der Waals surface area (Å²) in [5.74, 6) is 0.652. The molecule has 1 heterocycles. The monoisotopic (exact) mass is 465 g/mol. The number of pyridine rings is 1. The SMILES string of the molecule is Cc1ccc(-c2cc(C3CCCC3)cc3c(-c4cc(C)cc5c4Cc4ccccc4-5)nccc23)cc1. The van der Waals surface area contributed by atoms with Crippen molar-refractivity contribution in [3.05, 3.63) is 113 Å². The Labute approximate surface area is 213 Å². The molecule has 2 aliphatic carbocycles. The van der Waals surface area contributed by atoms with Gasteiger partial charge in [-0.25, -0.2) is 0 Å². The Morgan fingerprint density at radius 2 is 1.44 bits per heavy atom. The van der Waals surface area contributed by atoms with E-state index in [1.165, 1.54) is 92.1 Å². The number of nitrogens with zero attached hydrogens (tertiary/aromatic N) is 1. The summed E-state index contributed by atoms with van der Waals surface area (Å²) in [6.07, 6.45) is 8.26. The first-order chi connectivity index (χ1) is 17.7. The molecule has 0 aliphatic heterocycles. The lowest BCUT2D eigenvalue weighted by molar-refractivity contribution is 0.724. The van der Waals surface area contributed by atoms with Crippen LogP contribution in [0.4, 0.5) is 0 Å². The van der Waals surface area contributed by atoms with Gasteiger partial charge in [0.2, 0.25) is 0 Å². The second-order valence-corrected chi connectivity index (χ2v) is 10.8. The zero-order chi connectivity index (χ0) is 24.2. The van der Waals surface area contributed by atoms with Crippen LogP contribution in [0.15, 0.2) is 85.1 Å². The molecule has 4 aromatic carbocycles. The molecule has 0 spiro atoms. The van der Waals surface area contributed by atoms with Gasteiger partial charge in [-0.2, -0.15) is 0 Å². The Bertz CT molecular complexity index is 1620. The van der Waals surface area contributed by atoms with Crippen molar-refractivity contribution in [2.75, 3.05) is 0 Å². The fourth-order valence-corrected chi connectivity index (χ4v) is 6.57. The number of rotatable bonds is 3. The topological polar surface area (TPSA) is 12.9 Å². The Morgan fingerprint density at radius 3 is 2.28 bits per heavy atom. The van der Waals surface area contributed by atoms with Gasteiger partial charge in [0, 0.05) is 17.1 Å². The molecule has 1 aromatic heterocycles. The van der Waals surface area contributed by atoms with Crippen LogP contribution in [-0.2, 0) is 6.42 Å². The van der Waals surface area contributed by atoms with Crippen molar-refractivity contribution < 1.29 is 0 Å². The average molecular weight is 466 g/mol. The molecule has 0 amide bonds. The average Bonchev–Trinajstić information content (AvgIpc) is 3.57. The van der Waals surface area contributed by atoms with Crippen molar-refractivity contribution in [3.63, 3.8) is 0 Å². The molecule has 176 valence electrons. The molecule has 1 heteroatoms. The van der Waals surface area contributed by atoms with Crippen LogP contribution in [0.2, 0.25) is 0 Å². The highest BCUT2D eigenvalue weighted by molar-refractivity contribution is 6.05. The second-order valence-electron chi connectivity index (χ2n) is 10.8. The van der Waals surface area contributed by atoms with Gasteiger partial charge in [-0.1, -0.05) is 79.1 Å². The zero-order valence-corrected chi connectivity index (χ0v) is 21.1. The highest BCUT2D eigenvalue weighted by Crippen LogP contribution is 2.45. The van der Waals surface area contributed by atoms with E-state index in [-0.39, 0.29) is 0 Å². The van der Waals surface area contributed by atoms with E-state index in [4.69, 9.17) is 4.98 Å². The highest BCUT2D eigenvalue weighted by atomic mass is 14.7. The molecule has 1 nitrogen and oxygen atoms in total. The van der Waals surface area contributed by atoms with E-state index in [2.05, 4.69) is 92.7 Å². The maximum atomic E-state index is 5.08. The van der Waals surface area contributed by atoms with Gasteiger partial charge in [0.25, 0.3) is 0 Å². The van der Waals surface area contributed by atoms with E-state index in [9.17, 15) is 0 Å². The number of aryl methyl sites for hydroxylation is 2. The van der Waals surface area contributed by atoms with Crippen molar-refractivity contribution in [1.29, 1.82) is 0 Å². The van der Waals surface area contributed by atoms with Gasteiger partial charge in [0.15, 0.2) is 0 Å². The van der Waals surface area contributed by atoms with Gasteiger partial charge >= 0.3 is 0 Å². The zero-order valence-electron chi connectivity index (χ0n) is 21.1. The molecule has 1 saturated carbocycles. The Hall–Kier alpha value is -3.71. The first kappa shape index (κ1) is 21.6. The fourth-order valence-electron chi connectivity index (χ4n) is 6.57. The third-order valence-corrected chi connectivity index (χ3v) is 8.42. The minimum Gasteiger partial charge on any atom is -0.256 e. The third kappa shape index (κ3) is 3.49. The Morgan fingerprint density at radius 1 is 0.667 bits per heavy atom. The minimum absolute atomic E-state index is 0.652. The van der Waals surface area contributed by atoms with Crippen LogP contribution in [0.5, 0.6) is 0 Å². The van der Waals surface area contributed by atoms with Crippen molar-refractivity contribution in [2.24, 2.45) is 0 Å². The summed E-state index contributed by atoms with van der Waals surface area (Å²) < 4.78 is 0. The number of hydrogen-bond donors (Lipinski definition) is 0. The van der Waals surface area contributed by atoms with Crippen molar-refractivity contribution >= 4 is 10.8 Å². The summed E-state index contributed by atoms with van der Waals surface area (Å²) in [4.78, 5) is 5.08. The Balaban J connectivity index is 1.50. The molecule has 2 aliphatic rings. The van der Waals surface area contributed by atoms with E-state index in [1.54, 1.807) is 0 Å². The largest absolute Gasteiger partial charge is 0.256 e. The van der Waals surface area contributed by atoms with Crippen LogP contribution in [0.25, 0.3) is 44.3 Å². The standard InChI is InChI=1S/C35H31N/c1-22-11-13-25(14-12-22)30-20-27(24-7-3-4-8-24)21-34-29(30)15-16-36-35(34)33-18-23(2)17-31-28-10-6-5-9-26(28)19-32(31)33/h5-6,9-18,20-21,24H,3-4,7-8,19H2,1-2H3. The molecule has 7 rings (SSSR count). The predicted molar refractivity (Wildman–Crippen MR) is 152 cm³/mol. The van der Waals surface area contributed by atoms with E-state index < -0.39 is 0 Å². The van der Waals surface area contributed by atoms with Crippen LogP contribution in [0.1, 0.15) is 59.4 Å². The first-order valence-corrected chi connectivity index (χ1v) is 13.4. The third-order valence-electron chi connectivity index (χ3n) is 8.42. The molecule has 1 fully saturated rings. The number of benzene rings is 4. The molecular weight excluding hydrogens is 434 g/mol.